The summed E-state index contributed by atoms with van der Waals surface area (Å²) in [5, 5.41) is 11.5. The molecular weight excluding hydrogens is 240 g/mol. The lowest BCUT2D eigenvalue weighted by Gasteiger charge is -2.20. The highest BCUT2D eigenvalue weighted by Crippen LogP contribution is 2.30. The smallest absolute Gasteiger partial charge is 0.152 e. The van der Waals surface area contributed by atoms with Gasteiger partial charge in [-0.3, -0.25) is 0 Å². The minimum Gasteiger partial charge on any atom is -0.225 e. The molecule has 0 saturated heterocycles. The van der Waals surface area contributed by atoms with E-state index in [4.69, 9.17) is 5.26 Å². The Morgan fingerprint density at radius 3 is 2.50 bits per heavy atom. The summed E-state index contributed by atoms with van der Waals surface area (Å²) in [5.74, 6) is 0. The first-order valence-electron chi connectivity index (χ1n) is 5.89. The molecule has 0 N–H and O–H groups in total. The molecule has 0 amide bonds. The van der Waals surface area contributed by atoms with Crippen LogP contribution in [0.2, 0.25) is 0 Å². The number of hydrogen-bond acceptors (Lipinski definition) is 3. The maximum atomic E-state index is 8.81. The van der Waals surface area contributed by atoms with E-state index < -0.39 is 0 Å². The average Bonchev–Trinajstić information content (AvgIpc) is 2.76. The zero-order valence-corrected chi connectivity index (χ0v) is 11.9. The fourth-order valence-corrected chi connectivity index (χ4v) is 2.65. The van der Waals surface area contributed by atoms with Crippen molar-refractivity contribution in [1.82, 2.24) is 4.98 Å². The molecule has 0 aliphatic carbocycles. The topological polar surface area (TPSA) is 36.7 Å². The van der Waals surface area contributed by atoms with E-state index in [-0.39, 0.29) is 5.41 Å². The van der Waals surface area contributed by atoms with Gasteiger partial charge in [-0.15, -0.1) is 11.3 Å². The van der Waals surface area contributed by atoms with Crippen LogP contribution in [0.5, 0.6) is 0 Å². The van der Waals surface area contributed by atoms with Crippen molar-refractivity contribution >= 4 is 11.3 Å². The van der Waals surface area contributed by atoms with Crippen LogP contribution >= 0.6 is 11.3 Å². The fourth-order valence-electron chi connectivity index (χ4n) is 1.82. The Balaban J connectivity index is 2.45. The molecule has 0 spiro atoms. The average molecular weight is 256 g/mol. The van der Waals surface area contributed by atoms with E-state index in [9.17, 15) is 0 Å². The number of rotatable bonds is 1. The fraction of sp³-hybridized carbons (Fsp3) is 0.333. The molecular formula is C15H16N2S. The van der Waals surface area contributed by atoms with Gasteiger partial charge in [0.25, 0.3) is 0 Å². The molecule has 2 aromatic rings. The summed E-state index contributed by atoms with van der Waals surface area (Å²) in [6, 6.07) is 8.54. The van der Waals surface area contributed by atoms with Crippen LogP contribution in [0.3, 0.4) is 0 Å². The normalized spacial score (nSPS) is 11.3. The molecule has 0 atom stereocenters. The van der Waals surface area contributed by atoms with Crippen LogP contribution in [0, 0.1) is 18.3 Å². The molecule has 2 nitrogen and oxygen atoms in total. The molecule has 0 saturated carbocycles. The standard InChI is InChI=1S/C15H16N2S/c1-10-7-11(15(2,3)4)5-6-13(10)14-17-12(8-16)9-18-14/h5-7,9H,1-4H3. The van der Waals surface area contributed by atoms with Gasteiger partial charge < -0.3 is 0 Å². The number of aromatic nitrogens is 1. The summed E-state index contributed by atoms with van der Waals surface area (Å²) in [5.41, 5.74) is 4.30. The highest BCUT2D eigenvalue weighted by Gasteiger charge is 2.15. The Kier molecular flexibility index (Phi) is 3.23. The number of nitriles is 1. The van der Waals surface area contributed by atoms with Crippen LogP contribution in [0.4, 0.5) is 0 Å². The minimum atomic E-state index is 0.157. The van der Waals surface area contributed by atoms with Crippen LogP contribution in [0.1, 0.15) is 37.6 Å². The van der Waals surface area contributed by atoms with Crippen molar-refractivity contribution < 1.29 is 0 Å². The van der Waals surface area contributed by atoms with Gasteiger partial charge in [0.2, 0.25) is 0 Å². The second-order valence-corrected chi connectivity index (χ2v) is 6.29. The highest BCUT2D eigenvalue weighted by molar-refractivity contribution is 7.13. The number of aryl methyl sites for hydroxylation is 1. The van der Waals surface area contributed by atoms with Crippen LogP contribution in [-0.2, 0) is 5.41 Å². The summed E-state index contributed by atoms with van der Waals surface area (Å²) in [4.78, 5) is 4.31. The van der Waals surface area contributed by atoms with Crippen LogP contribution in [0.15, 0.2) is 23.6 Å². The first kappa shape index (κ1) is 12.8. The lowest BCUT2D eigenvalue weighted by molar-refractivity contribution is 0.590. The van der Waals surface area contributed by atoms with Gasteiger partial charge >= 0.3 is 0 Å². The van der Waals surface area contributed by atoms with Gasteiger partial charge in [0.1, 0.15) is 11.1 Å². The molecule has 0 aliphatic rings. The Hall–Kier alpha value is -1.66. The third kappa shape index (κ3) is 2.44. The lowest BCUT2D eigenvalue weighted by atomic mass is 9.85. The predicted molar refractivity (Wildman–Crippen MR) is 75.7 cm³/mol. The van der Waals surface area contributed by atoms with Crippen LogP contribution < -0.4 is 0 Å². The largest absolute Gasteiger partial charge is 0.225 e. The summed E-state index contributed by atoms with van der Waals surface area (Å²) in [6.07, 6.45) is 0. The monoisotopic (exact) mass is 256 g/mol. The molecule has 1 aromatic carbocycles. The molecule has 18 heavy (non-hydrogen) atoms. The molecule has 1 heterocycles. The minimum absolute atomic E-state index is 0.157. The summed E-state index contributed by atoms with van der Waals surface area (Å²) < 4.78 is 0. The summed E-state index contributed by atoms with van der Waals surface area (Å²) in [6.45, 7) is 8.72. The number of hydrogen-bond donors (Lipinski definition) is 0. The van der Waals surface area contributed by atoms with Gasteiger partial charge in [0.05, 0.1) is 0 Å². The Morgan fingerprint density at radius 2 is 2.00 bits per heavy atom. The van der Waals surface area contributed by atoms with Gasteiger partial charge in [-0.05, 0) is 23.5 Å². The first-order valence-corrected chi connectivity index (χ1v) is 6.77. The zero-order chi connectivity index (χ0) is 13.3. The Bertz CT molecular complexity index is 612. The van der Waals surface area contributed by atoms with Crippen molar-refractivity contribution in [3.63, 3.8) is 0 Å². The summed E-state index contributed by atoms with van der Waals surface area (Å²) in [7, 11) is 0. The van der Waals surface area contributed by atoms with Crippen molar-refractivity contribution in [2.45, 2.75) is 33.1 Å². The third-order valence-electron chi connectivity index (χ3n) is 2.94. The van der Waals surface area contributed by atoms with Crippen LogP contribution in [0.25, 0.3) is 10.6 Å². The zero-order valence-electron chi connectivity index (χ0n) is 11.1. The first-order chi connectivity index (χ1) is 8.41. The second kappa shape index (κ2) is 4.55. The van der Waals surface area contributed by atoms with E-state index in [0.717, 1.165) is 10.6 Å². The van der Waals surface area contributed by atoms with E-state index in [2.05, 4.69) is 56.9 Å². The molecule has 0 bridgehead atoms. The van der Waals surface area contributed by atoms with Gasteiger partial charge in [0, 0.05) is 10.9 Å². The molecule has 0 unspecified atom stereocenters. The van der Waals surface area contributed by atoms with Gasteiger partial charge in [-0.25, -0.2) is 4.98 Å². The molecule has 1 aromatic heterocycles. The maximum absolute atomic E-state index is 8.81. The number of nitrogens with zero attached hydrogens (tertiary/aromatic N) is 2. The van der Waals surface area contributed by atoms with Crippen molar-refractivity contribution in [2.75, 3.05) is 0 Å². The van der Waals surface area contributed by atoms with Gasteiger partial charge in [0.15, 0.2) is 5.69 Å². The second-order valence-electron chi connectivity index (χ2n) is 5.43. The van der Waals surface area contributed by atoms with Crippen molar-refractivity contribution in [1.29, 1.82) is 5.26 Å². The number of benzene rings is 1. The molecule has 0 fully saturated rings. The van der Waals surface area contributed by atoms with Gasteiger partial charge in [-0.1, -0.05) is 39.0 Å². The molecule has 2 rings (SSSR count). The van der Waals surface area contributed by atoms with E-state index in [1.807, 2.05) is 0 Å². The van der Waals surface area contributed by atoms with Crippen molar-refractivity contribution in [3.8, 4) is 16.6 Å². The molecule has 0 aliphatic heterocycles. The van der Waals surface area contributed by atoms with E-state index in [1.165, 1.54) is 22.5 Å². The van der Waals surface area contributed by atoms with Crippen molar-refractivity contribution in [3.05, 3.63) is 40.4 Å². The number of thiazole rings is 1. The molecule has 0 radical (unpaired) electrons. The van der Waals surface area contributed by atoms with E-state index >= 15 is 0 Å². The summed E-state index contributed by atoms with van der Waals surface area (Å²) >= 11 is 1.52. The lowest BCUT2D eigenvalue weighted by Crippen LogP contribution is -2.11. The van der Waals surface area contributed by atoms with Crippen LogP contribution in [-0.4, -0.2) is 4.98 Å². The predicted octanol–water partition coefficient (Wildman–Crippen LogP) is 4.29. The van der Waals surface area contributed by atoms with Crippen molar-refractivity contribution in [2.24, 2.45) is 0 Å². The highest BCUT2D eigenvalue weighted by atomic mass is 32.1. The third-order valence-corrected chi connectivity index (χ3v) is 3.82. The molecule has 3 heteroatoms. The quantitative estimate of drug-likeness (QED) is 0.763. The van der Waals surface area contributed by atoms with E-state index in [1.54, 1.807) is 5.38 Å². The van der Waals surface area contributed by atoms with E-state index in [0.29, 0.717) is 5.69 Å². The molecule has 92 valence electrons. The maximum Gasteiger partial charge on any atom is 0.152 e. The SMILES string of the molecule is Cc1cc(C(C)(C)C)ccc1-c1nc(C#N)cs1. The Morgan fingerprint density at radius 1 is 1.28 bits per heavy atom. The Labute approximate surface area is 112 Å². The van der Waals surface area contributed by atoms with Gasteiger partial charge in [-0.2, -0.15) is 5.26 Å².